The van der Waals surface area contributed by atoms with Gasteiger partial charge in [-0.2, -0.15) is 0 Å². The Hall–Kier alpha value is -1.18. The predicted molar refractivity (Wildman–Crippen MR) is 70.6 cm³/mol. The number of phenolic OH excluding ortho intramolecular Hbond substituents is 1. The third-order valence-corrected chi connectivity index (χ3v) is 2.91. The van der Waals surface area contributed by atoms with E-state index in [1.54, 1.807) is 0 Å². The summed E-state index contributed by atoms with van der Waals surface area (Å²) in [6, 6.07) is 4.15. The molecule has 0 amide bonds. The fourth-order valence-corrected chi connectivity index (χ4v) is 1.80. The van der Waals surface area contributed by atoms with Gasteiger partial charge in [0.25, 0.3) is 0 Å². The van der Waals surface area contributed by atoms with Crippen LogP contribution in [0.3, 0.4) is 0 Å². The molecule has 0 fully saturated rings. The molecular formula is C14H23NO. The maximum atomic E-state index is 10.2. The van der Waals surface area contributed by atoms with Crippen LogP contribution in [0.15, 0.2) is 12.1 Å². The highest BCUT2D eigenvalue weighted by Gasteiger charge is 2.15. The Kier molecular flexibility index (Phi) is 3.84. The summed E-state index contributed by atoms with van der Waals surface area (Å²) in [6.45, 7) is 8.44. The van der Waals surface area contributed by atoms with Gasteiger partial charge < -0.3 is 10.0 Å². The van der Waals surface area contributed by atoms with Crippen molar-refractivity contribution < 1.29 is 5.11 Å². The standard InChI is InChI=1S/C14H23NO/c1-9(2)12-7-11(15(5)6)8-13(10(3)4)14(12)16/h7-10,16H,1-6H3. The maximum Gasteiger partial charge on any atom is 0.122 e. The van der Waals surface area contributed by atoms with Crippen molar-refractivity contribution in [2.75, 3.05) is 19.0 Å². The second-order valence-corrected chi connectivity index (χ2v) is 5.18. The molecule has 0 bridgehead atoms. The van der Waals surface area contributed by atoms with E-state index < -0.39 is 0 Å². The van der Waals surface area contributed by atoms with E-state index in [-0.39, 0.29) is 0 Å². The van der Waals surface area contributed by atoms with E-state index in [0.29, 0.717) is 17.6 Å². The normalized spacial score (nSPS) is 11.2. The van der Waals surface area contributed by atoms with Crippen molar-refractivity contribution in [2.45, 2.75) is 39.5 Å². The van der Waals surface area contributed by atoms with Crippen LogP contribution >= 0.6 is 0 Å². The van der Waals surface area contributed by atoms with Gasteiger partial charge in [-0.05, 0) is 35.1 Å². The minimum Gasteiger partial charge on any atom is -0.507 e. The second-order valence-electron chi connectivity index (χ2n) is 5.18. The molecule has 0 aliphatic rings. The number of nitrogens with zero attached hydrogens (tertiary/aromatic N) is 1. The number of aromatic hydroxyl groups is 1. The van der Waals surface area contributed by atoms with Crippen molar-refractivity contribution in [1.29, 1.82) is 0 Å². The largest absolute Gasteiger partial charge is 0.507 e. The summed E-state index contributed by atoms with van der Waals surface area (Å²) >= 11 is 0. The zero-order valence-electron chi connectivity index (χ0n) is 11.2. The fraction of sp³-hybridized carbons (Fsp3) is 0.571. The van der Waals surface area contributed by atoms with Gasteiger partial charge in [0.15, 0.2) is 0 Å². The van der Waals surface area contributed by atoms with Gasteiger partial charge in [0, 0.05) is 19.8 Å². The average Bonchev–Trinajstić information content (AvgIpc) is 2.16. The van der Waals surface area contributed by atoms with E-state index in [2.05, 4.69) is 44.7 Å². The van der Waals surface area contributed by atoms with Gasteiger partial charge in [-0.3, -0.25) is 0 Å². The van der Waals surface area contributed by atoms with Crippen molar-refractivity contribution >= 4 is 5.69 Å². The lowest BCUT2D eigenvalue weighted by Crippen LogP contribution is -2.10. The van der Waals surface area contributed by atoms with E-state index in [4.69, 9.17) is 0 Å². The quantitative estimate of drug-likeness (QED) is 0.841. The summed E-state index contributed by atoms with van der Waals surface area (Å²) in [6.07, 6.45) is 0. The smallest absolute Gasteiger partial charge is 0.122 e. The molecule has 0 aromatic heterocycles. The van der Waals surface area contributed by atoms with Crippen LogP contribution in [0.4, 0.5) is 5.69 Å². The molecule has 0 heterocycles. The molecule has 0 spiro atoms. The molecule has 0 unspecified atom stereocenters. The van der Waals surface area contributed by atoms with Crippen molar-refractivity contribution in [3.05, 3.63) is 23.3 Å². The molecular weight excluding hydrogens is 198 g/mol. The van der Waals surface area contributed by atoms with E-state index in [0.717, 1.165) is 16.8 Å². The van der Waals surface area contributed by atoms with E-state index >= 15 is 0 Å². The third-order valence-electron chi connectivity index (χ3n) is 2.91. The molecule has 16 heavy (non-hydrogen) atoms. The molecule has 0 radical (unpaired) electrons. The number of anilines is 1. The number of hydrogen-bond donors (Lipinski definition) is 1. The third kappa shape index (κ3) is 2.49. The monoisotopic (exact) mass is 221 g/mol. The first-order valence-electron chi connectivity index (χ1n) is 5.88. The molecule has 0 aliphatic heterocycles. The van der Waals surface area contributed by atoms with Gasteiger partial charge >= 0.3 is 0 Å². The summed E-state index contributed by atoms with van der Waals surface area (Å²) < 4.78 is 0. The molecule has 1 rings (SSSR count). The van der Waals surface area contributed by atoms with Crippen molar-refractivity contribution in [3.63, 3.8) is 0 Å². The maximum absolute atomic E-state index is 10.2. The van der Waals surface area contributed by atoms with Crippen LogP contribution in [0.25, 0.3) is 0 Å². The van der Waals surface area contributed by atoms with Gasteiger partial charge in [-0.1, -0.05) is 27.7 Å². The summed E-state index contributed by atoms with van der Waals surface area (Å²) in [5, 5.41) is 10.2. The van der Waals surface area contributed by atoms with Gasteiger partial charge in [-0.15, -0.1) is 0 Å². The topological polar surface area (TPSA) is 23.5 Å². The van der Waals surface area contributed by atoms with Crippen LogP contribution in [-0.2, 0) is 0 Å². The molecule has 0 saturated heterocycles. The number of benzene rings is 1. The lowest BCUT2D eigenvalue weighted by Gasteiger charge is -2.21. The first kappa shape index (κ1) is 12.9. The summed E-state index contributed by atoms with van der Waals surface area (Å²) in [7, 11) is 4.06. The van der Waals surface area contributed by atoms with Gasteiger partial charge in [0.2, 0.25) is 0 Å². The van der Waals surface area contributed by atoms with Crippen LogP contribution in [0.5, 0.6) is 5.75 Å². The van der Waals surface area contributed by atoms with Crippen molar-refractivity contribution in [1.82, 2.24) is 0 Å². The molecule has 0 saturated carbocycles. The Labute approximate surface area is 98.9 Å². The predicted octanol–water partition coefficient (Wildman–Crippen LogP) is 3.71. The Balaban J connectivity index is 3.39. The molecule has 1 aromatic rings. The second kappa shape index (κ2) is 4.77. The van der Waals surface area contributed by atoms with Crippen LogP contribution < -0.4 is 4.90 Å². The highest BCUT2D eigenvalue weighted by molar-refractivity contribution is 5.57. The minimum atomic E-state index is 0.345. The summed E-state index contributed by atoms with van der Waals surface area (Å²) in [4.78, 5) is 2.08. The highest BCUT2D eigenvalue weighted by atomic mass is 16.3. The Morgan fingerprint density at radius 1 is 0.938 bits per heavy atom. The fourth-order valence-electron chi connectivity index (χ4n) is 1.80. The lowest BCUT2D eigenvalue weighted by molar-refractivity contribution is 0.454. The lowest BCUT2D eigenvalue weighted by atomic mass is 9.93. The first-order chi connectivity index (χ1) is 7.34. The Morgan fingerprint density at radius 2 is 1.31 bits per heavy atom. The molecule has 0 aliphatic carbocycles. The number of rotatable bonds is 3. The van der Waals surface area contributed by atoms with Crippen LogP contribution in [0.1, 0.15) is 50.7 Å². The zero-order valence-corrected chi connectivity index (χ0v) is 11.2. The average molecular weight is 221 g/mol. The SMILES string of the molecule is CC(C)c1cc(N(C)C)cc(C(C)C)c1O. The highest BCUT2D eigenvalue weighted by Crippen LogP contribution is 2.36. The van der Waals surface area contributed by atoms with Crippen molar-refractivity contribution in [3.8, 4) is 5.75 Å². The van der Waals surface area contributed by atoms with Crippen LogP contribution in [-0.4, -0.2) is 19.2 Å². The summed E-state index contributed by atoms with van der Waals surface area (Å²) in [5.74, 6) is 1.16. The number of phenols is 1. The summed E-state index contributed by atoms with van der Waals surface area (Å²) in [5.41, 5.74) is 3.23. The molecule has 2 heteroatoms. The molecule has 1 aromatic carbocycles. The van der Waals surface area contributed by atoms with Gasteiger partial charge in [0.05, 0.1) is 0 Å². The van der Waals surface area contributed by atoms with Gasteiger partial charge in [0.1, 0.15) is 5.75 Å². The molecule has 90 valence electrons. The Bertz CT molecular complexity index is 338. The van der Waals surface area contributed by atoms with E-state index in [9.17, 15) is 5.11 Å². The molecule has 1 N–H and O–H groups in total. The molecule has 0 atom stereocenters. The van der Waals surface area contributed by atoms with Crippen LogP contribution in [0.2, 0.25) is 0 Å². The minimum absolute atomic E-state index is 0.345. The van der Waals surface area contributed by atoms with Crippen LogP contribution in [0, 0.1) is 0 Å². The number of hydrogen-bond acceptors (Lipinski definition) is 2. The van der Waals surface area contributed by atoms with Gasteiger partial charge in [-0.25, -0.2) is 0 Å². The van der Waals surface area contributed by atoms with Crippen molar-refractivity contribution in [2.24, 2.45) is 0 Å². The zero-order chi connectivity index (χ0) is 12.5. The Morgan fingerprint density at radius 3 is 1.56 bits per heavy atom. The van der Waals surface area contributed by atoms with E-state index in [1.165, 1.54) is 0 Å². The van der Waals surface area contributed by atoms with E-state index in [1.807, 2.05) is 14.1 Å². The first-order valence-corrected chi connectivity index (χ1v) is 5.88. The molecule has 2 nitrogen and oxygen atoms in total.